The zero-order chi connectivity index (χ0) is 20.6. The van der Waals surface area contributed by atoms with E-state index in [4.69, 9.17) is 4.74 Å². The summed E-state index contributed by atoms with van der Waals surface area (Å²) in [6.07, 6.45) is 2.17. The minimum absolute atomic E-state index is 0.0691. The number of rotatable bonds is 8. The first kappa shape index (κ1) is 21.2. The molecule has 1 heterocycles. The second-order valence-corrected chi connectivity index (χ2v) is 7.98. The maximum absolute atomic E-state index is 12.4. The fraction of sp³-hybridized carbons (Fsp3) is 0.458. The molecule has 1 fully saturated rings. The lowest BCUT2D eigenvalue weighted by Crippen LogP contribution is -3.15. The molecule has 1 aliphatic rings. The number of hydrogen-bond donors (Lipinski definition) is 2. The molecule has 0 aromatic heterocycles. The molecule has 0 bridgehead atoms. The summed E-state index contributed by atoms with van der Waals surface area (Å²) < 4.78 is 5.67. The van der Waals surface area contributed by atoms with Gasteiger partial charge in [-0.15, -0.1) is 0 Å². The van der Waals surface area contributed by atoms with Crippen LogP contribution in [0.2, 0.25) is 0 Å². The molecule has 1 saturated heterocycles. The lowest BCUT2D eigenvalue weighted by Gasteiger charge is -2.34. The molecule has 0 spiro atoms. The van der Waals surface area contributed by atoms with Crippen LogP contribution in [0.3, 0.4) is 0 Å². The van der Waals surface area contributed by atoms with Crippen LogP contribution in [-0.2, 0) is 4.79 Å². The maximum atomic E-state index is 12.4. The quantitative estimate of drug-likeness (QED) is 0.675. The van der Waals surface area contributed by atoms with E-state index in [1.807, 2.05) is 24.3 Å². The SMILES string of the molecule is CCCCOc1ccc(NC(=O)C[NH+]2CCN(c3ccc(C)cc3C)CC2)cc1. The summed E-state index contributed by atoms with van der Waals surface area (Å²) in [5.74, 6) is 0.921. The van der Waals surface area contributed by atoms with Crippen molar-refractivity contribution in [2.45, 2.75) is 33.6 Å². The van der Waals surface area contributed by atoms with Crippen LogP contribution >= 0.6 is 0 Å². The number of benzene rings is 2. The number of carbonyl (C=O) groups excluding carboxylic acids is 1. The highest BCUT2D eigenvalue weighted by Crippen LogP contribution is 2.21. The maximum Gasteiger partial charge on any atom is 0.279 e. The Balaban J connectivity index is 1.43. The van der Waals surface area contributed by atoms with E-state index in [0.29, 0.717) is 6.54 Å². The topological polar surface area (TPSA) is 46.0 Å². The zero-order valence-electron chi connectivity index (χ0n) is 18.0. The van der Waals surface area contributed by atoms with Gasteiger partial charge in [0.15, 0.2) is 6.54 Å². The van der Waals surface area contributed by atoms with Gasteiger partial charge in [-0.25, -0.2) is 0 Å². The van der Waals surface area contributed by atoms with Crippen LogP contribution in [0, 0.1) is 13.8 Å². The molecule has 3 rings (SSSR count). The molecule has 0 saturated carbocycles. The Labute approximate surface area is 174 Å². The van der Waals surface area contributed by atoms with E-state index in [1.165, 1.54) is 21.7 Å². The number of nitrogens with zero attached hydrogens (tertiary/aromatic N) is 1. The monoisotopic (exact) mass is 396 g/mol. The van der Waals surface area contributed by atoms with Gasteiger partial charge in [-0.2, -0.15) is 0 Å². The first-order valence-electron chi connectivity index (χ1n) is 10.7. The molecule has 5 heteroatoms. The van der Waals surface area contributed by atoms with Crippen LogP contribution in [-0.4, -0.2) is 45.2 Å². The van der Waals surface area contributed by atoms with Crippen molar-refractivity contribution < 1.29 is 14.4 Å². The summed E-state index contributed by atoms with van der Waals surface area (Å²) in [6, 6.07) is 14.3. The van der Waals surface area contributed by atoms with Gasteiger partial charge in [0.2, 0.25) is 0 Å². The van der Waals surface area contributed by atoms with Crippen LogP contribution < -0.4 is 19.9 Å². The predicted molar refractivity (Wildman–Crippen MR) is 119 cm³/mol. The van der Waals surface area contributed by atoms with Crippen molar-refractivity contribution >= 4 is 17.3 Å². The summed E-state index contributed by atoms with van der Waals surface area (Å²) in [6.45, 7) is 11.6. The molecule has 1 amide bonds. The number of anilines is 2. The summed E-state index contributed by atoms with van der Waals surface area (Å²) in [7, 11) is 0. The molecule has 0 unspecified atom stereocenters. The second kappa shape index (κ2) is 10.3. The highest BCUT2D eigenvalue weighted by molar-refractivity contribution is 5.91. The minimum atomic E-state index is 0.0691. The van der Waals surface area contributed by atoms with Gasteiger partial charge in [0.1, 0.15) is 5.75 Å². The van der Waals surface area contributed by atoms with E-state index in [2.05, 4.69) is 49.2 Å². The van der Waals surface area contributed by atoms with Crippen molar-refractivity contribution in [3.63, 3.8) is 0 Å². The molecular formula is C24H34N3O2+. The van der Waals surface area contributed by atoms with Gasteiger partial charge in [-0.1, -0.05) is 31.0 Å². The van der Waals surface area contributed by atoms with Gasteiger partial charge in [-0.3, -0.25) is 4.79 Å². The Bertz CT molecular complexity index is 796. The number of amides is 1. The van der Waals surface area contributed by atoms with E-state index < -0.39 is 0 Å². The summed E-state index contributed by atoms with van der Waals surface area (Å²) in [5.41, 5.74) is 4.77. The van der Waals surface area contributed by atoms with Crippen molar-refractivity contribution in [1.29, 1.82) is 0 Å². The van der Waals surface area contributed by atoms with E-state index in [0.717, 1.165) is 57.1 Å². The number of carbonyl (C=O) groups is 1. The molecule has 2 N–H and O–H groups in total. The van der Waals surface area contributed by atoms with Gasteiger partial charge >= 0.3 is 0 Å². The fourth-order valence-electron chi connectivity index (χ4n) is 3.80. The lowest BCUT2D eigenvalue weighted by atomic mass is 10.1. The van der Waals surface area contributed by atoms with Crippen molar-refractivity contribution in [2.75, 3.05) is 49.5 Å². The zero-order valence-corrected chi connectivity index (χ0v) is 18.0. The Hall–Kier alpha value is -2.53. The average Bonchev–Trinajstić information content (AvgIpc) is 2.70. The average molecular weight is 397 g/mol. The van der Waals surface area contributed by atoms with Crippen molar-refractivity contribution in [3.8, 4) is 5.75 Å². The third-order valence-electron chi connectivity index (χ3n) is 5.48. The van der Waals surface area contributed by atoms with E-state index in [1.54, 1.807) is 0 Å². The molecule has 29 heavy (non-hydrogen) atoms. The Kier molecular flexibility index (Phi) is 7.53. The van der Waals surface area contributed by atoms with E-state index in [-0.39, 0.29) is 5.91 Å². The number of piperazine rings is 1. The fourth-order valence-corrected chi connectivity index (χ4v) is 3.80. The van der Waals surface area contributed by atoms with Crippen LogP contribution in [0.25, 0.3) is 0 Å². The van der Waals surface area contributed by atoms with Gasteiger partial charge in [-0.05, 0) is 56.2 Å². The summed E-state index contributed by atoms with van der Waals surface area (Å²) in [4.78, 5) is 16.2. The van der Waals surface area contributed by atoms with Crippen LogP contribution in [0.1, 0.15) is 30.9 Å². The first-order valence-corrected chi connectivity index (χ1v) is 10.7. The number of aryl methyl sites for hydroxylation is 2. The van der Waals surface area contributed by atoms with Gasteiger partial charge in [0.05, 0.1) is 32.8 Å². The molecule has 0 radical (unpaired) electrons. The number of quaternary nitrogens is 1. The number of unbranched alkanes of at least 4 members (excludes halogenated alkanes) is 1. The van der Waals surface area contributed by atoms with E-state index in [9.17, 15) is 4.79 Å². The third-order valence-corrected chi connectivity index (χ3v) is 5.48. The molecule has 2 aromatic rings. The normalized spacial score (nSPS) is 14.7. The Morgan fingerprint density at radius 3 is 2.48 bits per heavy atom. The second-order valence-electron chi connectivity index (χ2n) is 7.98. The Morgan fingerprint density at radius 2 is 1.83 bits per heavy atom. The summed E-state index contributed by atoms with van der Waals surface area (Å²) >= 11 is 0. The smallest absolute Gasteiger partial charge is 0.279 e. The predicted octanol–water partition coefficient (Wildman–Crippen LogP) is 2.83. The number of nitrogens with one attached hydrogen (secondary N) is 2. The molecule has 156 valence electrons. The van der Waals surface area contributed by atoms with Crippen LogP contribution in [0.4, 0.5) is 11.4 Å². The van der Waals surface area contributed by atoms with Crippen LogP contribution in [0.5, 0.6) is 5.75 Å². The Morgan fingerprint density at radius 1 is 1.10 bits per heavy atom. The van der Waals surface area contributed by atoms with E-state index >= 15 is 0 Å². The first-order chi connectivity index (χ1) is 14.0. The number of hydrogen-bond acceptors (Lipinski definition) is 3. The molecule has 0 atom stereocenters. The van der Waals surface area contributed by atoms with Crippen molar-refractivity contribution in [1.82, 2.24) is 0 Å². The highest BCUT2D eigenvalue weighted by Gasteiger charge is 2.23. The van der Waals surface area contributed by atoms with Gasteiger partial charge in [0, 0.05) is 11.4 Å². The minimum Gasteiger partial charge on any atom is -0.494 e. The van der Waals surface area contributed by atoms with Crippen molar-refractivity contribution in [2.24, 2.45) is 0 Å². The van der Waals surface area contributed by atoms with Gasteiger partial charge < -0.3 is 19.9 Å². The van der Waals surface area contributed by atoms with Crippen molar-refractivity contribution in [3.05, 3.63) is 53.6 Å². The van der Waals surface area contributed by atoms with Crippen LogP contribution in [0.15, 0.2) is 42.5 Å². The molecule has 0 aliphatic carbocycles. The number of ether oxygens (including phenoxy) is 1. The molecular weight excluding hydrogens is 362 g/mol. The lowest BCUT2D eigenvalue weighted by molar-refractivity contribution is -0.892. The third kappa shape index (κ3) is 6.23. The summed E-state index contributed by atoms with van der Waals surface area (Å²) in [5, 5.41) is 3.01. The molecule has 5 nitrogen and oxygen atoms in total. The largest absolute Gasteiger partial charge is 0.494 e. The highest BCUT2D eigenvalue weighted by atomic mass is 16.5. The standard InChI is InChI=1S/C24H33N3O2/c1-4-5-16-29-22-9-7-21(8-10-22)25-24(28)18-26-12-14-27(15-13-26)23-11-6-19(2)17-20(23)3/h6-11,17H,4-5,12-16,18H2,1-3H3,(H,25,28)/p+1. The van der Waals surface area contributed by atoms with Gasteiger partial charge in [0.25, 0.3) is 5.91 Å². The molecule has 2 aromatic carbocycles. The molecule has 1 aliphatic heterocycles.